The fourth-order valence-corrected chi connectivity index (χ4v) is 8.16. The lowest BCUT2D eigenvalue weighted by Gasteiger charge is -2.37. The summed E-state index contributed by atoms with van der Waals surface area (Å²) in [5, 5.41) is 0. The number of sulfonamides is 1. The highest BCUT2D eigenvalue weighted by Crippen LogP contribution is 2.69. The molecule has 0 N–H and O–H groups in total. The fraction of sp³-hybridized carbons (Fsp3) is 0.789. The largest absolute Gasteiger partial charge is 0.466 e. The first-order valence-electron chi connectivity index (χ1n) is 9.48. The lowest BCUT2D eigenvalue weighted by atomic mass is 9.69. The van der Waals surface area contributed by atoms with E-state index in [4.69, 9.17) is 0 Å². The molecule has 3 fully saturated rings. The Morgan fingerprint density at radius 3 is 2.56 bits per heavy atom. The molecule has 3 atom stereocenters. The summed E-state index contributed by atoms with van der Waals surface area (Å²) in [5.74, 6) is -0.208. The van der Waals surface area contributed by atoms with Gasteiger partial charge in [0, 0.05) is 11.5 Å². The molecule has 2 bridgehead atoms. The van der Waals surface area contributed by atoms with Crippen molar-refractivity contribution in [2.45, 2.75) is 39.2 Å². The van der Waals surface area contributed by atoms with Crippen LogP contribution in [0.25, 0.3) is 0 Å². The molecule has 2 saturated carbocycles. The van der Waals surface area contributed by atoms with Crippen LogP contribution >= 0.6 is 0 Å². The smallest absolute Gasteiger partial charge is 0.330 e. The van der Waals surface area contributed by atoms with Crippen LogP contribution in [0.5, 0.6) is 0 Å². The third-order valence-corrected chi connectivity index (χ3v) is 9.21. The molecule has 1 amide bonds. The number of carbonyl (C=O) groups excluding carboxylic acids is 2. The standard InChI is InChI=1S/C19H31N2O5S/c1-18(2)14-8-9-19(18)13-27(24,25)20(15(19)11-14)16(22)12-21(3,4)10-6-7-17(23)26-5/h6-7,14-15H,8-13H2,1-5H3/q+1/b7-6+/t14-,15-,19-/m0/s1. The quantitative estimate of drug-likeness (QED) is 0.394. The zero-order chi connectivity index (χ0) is 20.3. The number of ether oxygens (including phenoxy) is 1. The topological polar surface area (TPSA) is 80.8 Å². The number of hydrogen-bond acceptors (Lipinski definition) is 5. The van der Waals surface area contributed by atoms with Crippen LogP contribution in [-0.2, 0) is 24.3 Å². The number of amides is 1. The van der Waals surface area contributed by atoms with Gasteiger partial charge >= 0.3 is 5.97 Å². The van der Waals surface area contributed by atoms with Gasteiger partial charge in [-0.2, -0.15) is 0 Å². The van der Waals surface area contributed by atoms with E-state index in [0.717, 1.165) is 19.3 Å². The van der Waals surface area contributed by atoms with E-state index in [-0.39, 0.29) is 39.6 Å². The van der Waals surface area contributed by atoms with Crippen molar-refractivity contribution in [3.63, 3.8) is 0 Å². The van der Waals surface area contributed by atoms with Gasteiger partial charge < -0.3 is 9.22 Å². The Balaban J connectivity index is 1.77. The third-order valence-electron chi connectivity index (χ3n) is 7.28. The molecular weight excluding hydrogens is 368 g/mol. The molecule has 3 rings (SSSR count). The molecule has 1 aliphatic heterocycles. The monoisotopic (exact) mass is 399 g/mol. The van der Waals surface area contributed by atoms with E-state index in [1.54, 1.807) is 6.08 Å². The van der Waals surface area contributed by atoms with Gasteiger partial charge in [-0.3, -0.25) is 4.79 Å². The average molecular weight is 400 g/mol. The molecule has 1 spiro atoms. The number of carbonyl (C=O) groups is 2. The lowest BCUT2D eigenvalue weighted by molar-refractivity contribution is -0.876. The summed E-state index contributed by atoms with van der Waals surface area (Å²) in [6.45, 7) is 4.85. The van der Waals surface area contributed by atoms with Crippen LogP contribution in [0.15, 0.2) is 12.2 Å². The summed E-state index contributed by atoms with van der Waals surface area (Å²) < 4.78 is 31.9. The zero-order valence-corrected chi connectivity index (χ0v) is 17.7. The van der Waals surface area contributed by atoms with E-state index in [9.17, 15) is 18.0 Å². The second-order valence-corrected chi connectivity index (χ2v) is 11.4. The van der Waals surface area contributed by atoms with E-state index >= 15 is 0 Å². The Labute approximate surface area is 162 Å². The number of rotatable bonds is 5. The van der Waals surface area contributed by atoms with Crippen LogP contribution in [0.1, 0.15) is 33.1 Å². The number of nitrogens with zero attached hydrogens (tertiary/aromatic N) is 2. The number of fused-ring (bicyclic) bond motifs is 1. The summed E-state index contributed by atoms with van der Waals surface area (Å²) in [7, 11) is 1.42. The molecular formula is C19H31N2O5S+. The maximum absolute atomic E-state index is 13.1. The molecule has 0 aromatic rings. The van der Waals surface area contributed by atoms with Crippen molar-refractivity contribution in [1.82, 2.24) is 4.31 Å². The van der Waals surface area contributed by atoms with Crippen LogP contribution < -0.4 is 0 Å². The van der Waals surface area contributed by atoms with Gasteiger partial charge in [0.25, 0.3) is 5.91 Å². The van der Waals surface area contributed by atoms with Crippen molar-refractivity contribution in [3.05, 3.63) is 12.2 Å². The second-order valence-electron chi connectivity index (χ2n) is 9.51. The minimum absolute atomic E-state index is 0.0482. The van der Waals surface area contributed by atoms with Crippen LogP contribution in [-0.4, -0.2) is 75.2 Å². The maximum atomic E-state index is 13.1. The predicted octanol–water partition coefficient (Wildman–Crippen LogP) is 1.16. The summed E-state index contributed by atoms with van der Waals surface area (Å²) in [4.78, 5) is 24.3. The van der Waals surface area contributed by atoms with Gasteiger partial charge in [0.05, 0.1) is 39.5 Å². The molecule has 1 saturated heterocycles. The van der Waals surface area contributed by atoms with Crippen LogP contribution in [0.3, 0.4) is 0 Å². The molecule has 0 aromatic carbocycles. The first kappa shape index (κ1) is 20.3. The zero-order valence-electron chi connectivity index (χ0n) is 16.9. The molecule has 2 aliphatic carbocycles. The Morgan fingerprint density at radius 2 is 1.96 bits per heavy atom. The van der Waals surface area contributed by atoms with Gasteiger partial charge in [0.2, 0.25) is 10.0 Å². The lowest BCUT2D eigenvalue weighted by Crippen LogP contribution is -2.52. The van der Waals surface area contributed by atoms with Gasteiger partial charge in [-0.25, -0.2) is 17.5 Å². The molecule has 27 heavy (non-hydrogen) atoms. The molecule has 7 nitrogen and oxygen atoms in total. The molecule has 1 heterocycles. The van der Waals surface area contributed by atoms with E-state index in [2.05, 4.69) is 18.6 Å². The van der Waals surface area contributed by atoms with Crippen LogP contribution in [0.4, 0.5) is 0 Å². The van der Waals surface area contributed by atoms with Gasteiger partial charge in [0.15, 0.2) is 6.54 Å². The van der Waals surface area contributed by atoms with Crippen molar-refractivity contribution in [2.75, 3.05) is 40.0 Å². The fourth-order valence-electron chi connectivity index (χ4n) is 5.62. The van der Waals surface area contributed by atoms with E-state index in [1.807, 2.05) is 14.1 Å². The minimum Gasteiger partial charge on any atom is -0.466 e. The van der Waals surface area contributed by atoms with Crippen LogP contribution in [0, 0.1) is 16.7 Å². The van der Waals surface area contributed by atoms with Crippen molar-refractivity contribution < 1.29 is 27.2 Å². The number of hydrogen-bond donors (Lipinski definition) is 0. The predicted molar refractivity (Wildman–Crippen MR) is 101 cm³/mol. The highest BCUT2D eigenvalue weighted by molar-refractivity contribution is 7.90. The average Bonchev–Trinajstić information content (AvgIpc) is 3.00. The van der Waals surface area contributed by atoms with Gasteiger partial charge in [-0.05, 0) is 36.7 Å². The number of quaternary nitrogens is 1. The third kappa shape index (κ3) is 3.10. The summed E-state index contributed by atoms with van der Waals surface area (Å²) in [6, 6.07) is -0.200. The van der Waals surface area contributed by atoms with Gasteiger partial charge in [-0.1, -0.05) is 13.8 Å². The Hall–Kier alpha value is -1.41. The molecule has 0 unspecified atom stereocenters. The highest BCUT2D eigenvalue weighted by atomic mass is 32.2. The minimum atomic E-state index is -3.59. The van der Waals surface area contributed by atoms with Gasteiger partial charge in [0.1, 0.15) is 0 Å². The normalized spacial score (nSPS) is 33.4. The van der Waals surface area contributed by atoms with E-state index in [1.165, 1.54) is 17.5 Å². The molecule has 152 valence electrons. The number of esters is 1. The van der Waals surface area contributed by atoms with Crippen molar-refractivity contribution in [1.29, 1.82) is 0 Å². The van der Waals surface area contributed by atoms with Crippen molar-refractivity contribution in [2.24, 2.45) is 16.7 Å². The first-order chi connectivity index (χ1) is 12.4. The van der Waals surface area contributed by atoms with E-state index < -0.39 is 16.0 Å². The maximum Gasteiger partial charge on any atom is 0.330 e. The number of likely N-dealkylation sites (N-methyl/N-ethyl adjacent to an activating group) is 1. The second kappa shape index (κ2) is 6.30. The molecule has 0 radical (unpaired) electrons. The van der Waals surface area contributed by atoms with Crippen molar-refractivity contribution >= 4 is 21.9 Å². The van der Waals surface area contributed by atoms with Crippen molar-refractivity contribution in [3.8, 4) is 0 Å². The Kier molecular flexibility index (Phi) is 4.75. The first-order valence-corrected chi connectivity index (χ1v) is 11.1. The van der Waals surface area contributed by atoms with Crippen LogP contribution in [0.2, 0.25) is 0 Å². The SMILES string of the molecule is COC(=O)/C=C/C[N+](C)(C)CC(=O)N1[C@H]2C[C@@H]3CC[C@@]2(CS1(=O)=O)C3(C)C. The van der Waals surface area contributed by atoms with E-state index in [0.29, 0.717) is 12.5 Å². The Bertz CT molecular complexity index is 786. The summed E-state index contributed by atoms with van der Waals surface area (Å²) in [5.41, 5.74) is -0.346. The van der Waals surface area contributed by atoms with Gasteiger partial charge in [-0.15, -0.1) is 0 Å². The molecule has 3 aliphatic rings. The summed E-state index contributed by atoms with van der Waals surface area (Å²) in [6.07, 6.45) is 5.71. The molecule has 0 aromatic heterocycles. The highest BCUT2D eigenvalue weighted by Gasteiger charge is 2.72. The molecule has 8 heteroatoms. The number of methoxy groups -OCH3 is 1. The summed E-state index contributed by atoms with van der Waals surface area (Å²) >= 11 is 0. The Morgan fingerprint density at radius 1 is 1.30 bits per heavy atom.